The van der Waals surface area contributed by atoms with E-state index in [1.165, 1.54) is 0 Å². The van der Waals surface area contributed by atoms with Gasteiger partial charge in [0.1, 0.15) is 0 Å². The summed E-state index contributed by atoms with van der Waals surface area (Å²) < 4.78 is 22.8. The molecule has 0 aromatic rings. The summed E-state index contributed by atoms with van der Waals surface area (Å²) in [7, 11) is 0. The third-order valence-electron chi connectivity index (χ3n) is 0. The zero-order valence-electron chi connectivity index (χ0n) is 5.09. The van der Waals surface area contributed by atoms with Crippen molar-refractivity contribution in [2.45, 2.75) is 0 Å². The van der Waals surface area contributed by atoms with Crippen LogP contribution in [0.4, 0.5) is 0 Å². The van der Waals surface area contributed by atoms with Crippen LogP contribution >= 0.6 is 0 Å². The molecule has 0 atom stereocenters. The second-order valence-electron chi connectivity index (χ2n) is 0.231. The third-order valence-corrected chi connectivity index (χ3v) is 0. The fourth-order valence-electron chi connectivity index (χ4n) is 0. The molecular formula is H3ClLiNaO3S. The van der Waals surface area contributed by atoms with E-state index in [0.717, 1.165) is 0 Å². The summed E-state index contributed by atoms with van der Waals surface area (Å²) >= 11 is -2.61. The number of rotatable bonds is 0. The van der Waals surface area contributed by atoms with Gasteiger partial charge in [0.2, 0.25) is 0 Å². The van der Waals surface area contributed by atoms with Gasteiger partial charge in [-0.15, -0.1) is 0 Å². The number of halogens is 1. The first kappa shape index (κ1) is 23.1. The van der Waals surface area contributed by atoms with Crippen LogP contribution < -0.4 is 60.8 Å². The smallest absolute Gasteiger partial charge is 1.00 e. The Labute approximate surface area is 86.1 Å². The van der Waals surface area contributed by atoms with Gasteiger partial charge in [-0.05, 0) is 0 Å². The van der Waals surface area contributed by atoms with E-state index in [0.29, 0.717) is 0 Å². The van der Waals surface area contributed by atoms with Gasteiger partial charge < -0.3 is 13.8 Å². The zero-order chi connectivity index (χ0) is 3.58. The van der Waals surface area contributed by atoms with Crippen LogP contribution in [-0.4, -0.2) is 13.3 Å². The average Bonchev–Trinajstić information content (AvgIpc) is 0.811. The molecule has 0 radical (unpaired) electrons. The van der Waals surface area contributed by atoms with Crippen molar-refractivity contribution in [1.29, 1.82) is 0 Å². The van der Waals surface area contributed by atoms with E-state index in [2.05, 4.69) is 0 Å². The maximum atomic E-state index is 8.67. The van der Waals surface area contributed by atoms with Gasteiger partial charge in [0.05, 0.1) is 0 Å². The summed E-state index contributed by atoms with van der Waals surface area (Å²) in [6.07, 6.45) is 0. The Morgan fingerprint density at radius 1 is 1.43 bits per heavy atom. The summed E-state index contributed by atoms with van der Waals surface area (Å²) in [5.41, 5.74) is 0. The molecule has 0 saturated heterocycles. The van der Waals surface area contributed by atoms with Gasteiger partial charge in [0.15, 0.2) is 0 Å². The molecule has 0 bridgehead atoms. The fourth-order valence-corrected chi connectivity index (χ4v) is 0. The van der Waals surface area contributed by atoms with Crippen LogP contribution in [0.1, 0.15) is 1.43 Å². The van der Waals surface area contributed by atoms with Crippen molar-refractivity contribution >= 4 is 11.4 Å². The normalized spacial score (nSPS) is 5.00. The van der Waals surface area contributed by atoms with Crippen LogP contribution in [0, 0.1) is 0 Å². The largest absolute Gasteiger partial charge is 1.00 e. The first-order chi connectivity index (χ1) is 1.73. The van der Waals surface area contributed by atoms with Crippen LogP contribution in [0.5, 0.6) is 0 Å². The summed E-state index contributed by atoms with van der Waals surface area (Å²) in [4.78, 5) is 0. The van der Waals surface area contributed by atoms with Crippen molar-refractivity contribution in [2.24, 2.45) is 0 Å². The topological polar surface area (TPSA) is 57.5 Å². The van der Waals surface area contributed by atoms with E-state index in [9.17, 15) is 0 Å². The van der Waals surface area contributed by atoms with Gasteiger partial charge in [-0.3, -0.25) is 9.11 Å². The third kappa shape index (κ3) is 73.7. The molecule has 7 heteroatoms. The molecule has 0 fully saturated rings. The van der Waals surface area contributed by atoms with Crippen LogP contribution in [0.2, 0.25) is 0 Å². The molecular weight excluding hydrogens is 145 g/mol. The standard InChI is InChI=1S/ClH.Li.Na.H2O3S.H/c;;;1-4(2)3;/h1H;;;(H2,1,2,3);/q;2*+1;;-1/p-1. The molecule has 0 aliphatic heterocycles. The van der Waals surface area contributed by atoms with Gasteiger partial charge in [-0.2, -0.15) is 4.21 Å². The first-order valence-corrected chi connectivity index (χ1v) is 1.60. The van der Waals surface area contributed by atoms with Crippen LogP contribution in [0.3, 0.4) is 0 Å². The predicted molar refractivity (Wildman–Crippen MR) is 14.5 cm³/mol. The molecule has 0 aliphatic carbocycles. The van der Waals surface area contributed by atoms with E-state index >= 15 is 0 Å². The molecule has 0 saturated carbocycles. The number of hydrogen-bond acceptors (Lipinski definition) is 1. The quantitative estimate of drug-likeness (QED) is 0.265. The van der Waals surface area contributed by atoms with E-state index in [4.69, 9.17) is 13.3 Å². The molecule has 0 aliphatic rings. The van der Waals surface area contributed by atoms with Gasteiger partial charge in [-0.25, -0.2) is 0 Å². The van der Waals surface area contributed by atoms with Crippen molar-refractivity contribution in [2.75, 3.05) is 0 Å². The van der Waals surface area contributed by atoms with Crippen LogP contribution in [-0.2, 0) is 11.4 Å². The second-order valence-corrected chi connectivity index (χ2v) is 0.692. The summed E-state index contributed by atoms with van der Waals surface area (Å²) in [6, 6.07) is 0. The number of hydrogen-bond donors (Lipinski definition) is 2. The molecule has 0 aromatic heterocycles. The van der Waals surface area contributed by atoms with Crippen LogP contribution in [0.25, 0.3) is 0 Å². The Balaban J connectivity index is -0.00000000750. The molecule has 0 unspecified atom stereocenters. The minimum absolute atomic E-state index is 0. The Kier molecular flexibility index (Phi) is 51.7. The van der Waals surface area contributed by atoms with Gasteiger partial charge in [-0.1, -0.05) is 0 Å². The maximum absolute atomic E-state index is 8.67. The Hall–Kier alpha value is 1.96. The van der Waals surface area contributed by atoms with E-state index in [1.54, 1.807) is 0 Å². The molecule has 36 valence electrons. The first-order valence-electron chi connectivity index (χ1n) is 0.532. The second kappa shape index (κ2) is 15.7. The summed E-state index contributed by atoms with van der Waals surface area (Å²) in [6.45, 7) is 0. The Bertz CT molecular complexity index is 42.3. The minimum Gasteiger partial charge on any atom is -1.00 e. The summed E-state index contributed by atoms with van der Waals surface area (Å²) in [5.74, 6) is 0. The van der Waals surface area contributed by atoms with Crippen molar-refractivity contribution in [3.63, 3.8) is 0 Å². The van der Waals surface area contributed by atoms with Crippen molar-refractivity contribution in [1.82, 2.24) is 0 Å². The predicted octanol–water partition coefficient (Wildman–Crippen LogP) is -9.19. The molecule has 0 amide bonds. The van der Waals surface area contributed by atoms with E-state index < -0.39 is 11.4 Å². The Morgan fingerprint density at radius 2 is 1.43 bits per heavy atom. The SMILES string of the molecule is O=S(O)O.[Cl-].[H-].[Li+].[Na+]. The van der Waals surface area contributed by atoms with Crippen molar-refractivity contribution in [3.8, 4) is 0 Å². The molecule has 0 aromatic carbocycles. The van der Waals surface area contributed by atoms with Crippen LogP contribution in [0.15, 0.2) is 0 Å². The monoisotopic (exact) mass is 148 g/mol. The van der Waals surface area contributed by atoms with Gasteiger partial charge >= 0.3 is 48.4 Å². The van der Waals surface area contributed by atoms with E-state index in [1.807, 2.05) is 0 Å². The van der Waals surface area contributed by atoms with E-state index in [-0.39, 0.29) is 62.3 Å². The summed E-state index contributed by atoms with van der Waals surface area (Å²) in [5, 5.41) is 0. The van der Waals surface area contributed by atoms with Crippen molar-refractivity contribution < 1.29 is 75.6 Å². The minimum atomic E-state index is -2.61. The van der Waals surface area contributed by atoms with Gasteiger partial charge in [0.25, 0.3) is 11.4 Å². The molecule has 0 spiro atoms. The van der Waals surface area contributed by atoms with Crippen molar-refractivity contribution in [3.05, 3.63) is 0 Å². The molecule has 0 heterocycles. The Morgan fingerprint density at radius 3 is 1.43 bits per heavy atom. The molecule has 2 N–H and O–H groups in total. The van der Waals surface area contributed by atoms with Gasteiger partial charge in [0, 0.05) is 0 Å². The molecule has 3 nitrogen and oxygen atoms in total. The maximum Gasteiger partial charge on any atom is 1.00 e. The zero-order valence-corrected chi connectivity index (χ0v) is 7.66. The average molecular weight is 148 g/mol. The molecule has 0 rings (SSSR count). The fraction of sp³-hybridized carbons (Fsp3) is 0. The molecule has 7 heavy (non-hydrogen) atoms.